The van der Waals surface area contributed by atoms with Gasteiger partial charge in [0.15, 0.2) is 0 Å². The fourth-order valence-electron chi connectivity index (χ4n) is 2.21. The zero-order valence-electron chi connectivity index (χ0n) is 11.7. The standard InChI is InChI=1S/C16H16N2O3/c1-21-12(8-16(19)20)10-18-15-7-6-11(9-17)13-4-2-3-5-14(13)15/h2-7,12,18H,8,10H2,1H3,(H,19,20). The number of hydrogen-bond acceptors (Lipinski definition) is 4. The van der Waals surface area contributed by atoms with Gasteiger partial charge in [0.1, 0.15) is 0 Å². The summed E-state index contributed by atoms with van der Waals surface area (Å²) < 4.78 is 5.14. The number of ether oxygens (including phenoxy) is 1. The van der Waals surface area contributed by atoms with Crippen molar-refractivity contribution in [3.63, 3.8) is 0 Å². The molecule has 0 saturated carbocycles. The minimum atomic E-state index is -0.895. The molecule has 2 N–H and O–H groups in total. The number of nitrogens with zero attached hydrogens (tertiary/aromatic N) is 1. The van der Waals surface area contributed by atoms with Crippen molar-refractivity contribution in [2.45, 2.75) is 12.5 Å². The van der Waals surface area contributed by atoms with E-state index in [1.807, 2.05) is 30.3 Å². The Kier molecular flexibility index (Phi) is 4.75. The number of methoxy groups -OCH3 is 1. The molecule has 0 fully saturated rings. The van der Waals surface area contributed by atoms with Gasteiger partial charge in [-0.05, 0) is 12.1 Å². The summed E-state index contributed by atoms with van der Waals surface area (Å²) in [6.07, 6.45) is -0.463. The van der Waals surface area contributed by atoms with Gasteiger partial charge in [0.25, 0.3) is 0 Å². The first kappa shape index (κ1) is 14.8. The first-order valence-electron chi connectivity index (χ1n) is 6.56. The average molecular weight is 284 g/mol. The van der Waals surface area contributed by atoms with Gasteiger partial charge >= 0.3 is 5.97 Å². The van der Waals surface area contributed by atoms with Crippen molar-refractivity contribution in [2.24, 2.45) is 0 Å². The smallest absolute Gasteiger partial charge is 0.306 e. The van der Waals surface area contributed by atoms with Crippen LogP contribution in [-0.4, -0.2) is 30.8 Å². The summed E-state index contributed by atoms with van der Waals surface area (Å²) in [6.45, 7) is 0.388. The van der Waals surface area contributed by atoms with Gasteiger partial charge in [0.05, 0.1) is 24.2 Å². The van der Waals surface area contributed by atoms with Crippen molar-refractivity contribution in [3.8, 4) is 6.07 Å². The fraction of sp³-hybridized carbons (Fsp3) is 0.250. The van der Waals surface area contributed by atoms with Gasteiger partial charge in [-0.1, -0.05) is 24.3 Å². The molecule has 0 aliphatic carbocycles. The number of carboxylic acids is 1. The molecule has 0 aliphatic heterocycles. The van der Waals surface area contributed by atoms with Gasteiger partial charge in [0.2, 0.25) is 0 Å². The molecule has 21 heavy (non-hydrogen) atoms. The van der Waals surface area contributed by atoms with Crippen LogP contribution in [0, 0.1) is 11.3 Å². The minimum absolute atomic E-state index is 0.0578. The van der Waals surface area contributed by atoms with Crippen LogP contribution in [0.5, 0.6) is 0 Å². The van der Waals surface area contributed by atoms with Crippen LogP contribution in [0.15, 0.2) is 36.4 Å². The largest absolute Gasteiger partial charge is 0.481 e. The Morgan fingerprint density at radius 1 is 1.33 bits per heavy atom. The molecule has 5 heteroatoms. The number of anilines is 1. The van der Waals surface area contributed by atoms with E-state index in [0.29, 0.717) is 12.1 Å². The molecule has 0 aromatic heterocycles. The summed E-state index contributed by atoms with van der Waals surface area (Å²) in [4.78, 5) is 10.7. The number of nitriles is 1. The number of carbonyl (C=O) groups is 1. The first-order chi connectivity index (χ1) is 10.2. The summed E-state index contributed by atoms with van der Waals surface area (Å²) in [5, 5.41) is 22.9. The second-order valence-electron chi connectivity index (χ2n) is 4.65. The minimum Gasteiger partial charge on any atom is -0.481 e. The highest BCUT2D eigenvalue weighted by molar-refractivity contribution is 5.97. The topological polar surface area (TPSA) is 82.3 Å². The third kappa shape index (κ3) is 3.50. The first-order valence-corrected chi connectivity index (χ1v) is 6.56. The predicted octanol–water partition coefficient (Wildman–Crippen LogP) is 2.61. The Morgan fingerprint density at radius 2 is 2.05 bits per heavy atom. The summed E-state index contributed by atoms with van der Waals surface area (Å²) in [6, 6.07) is 13.4. The van der Waals surface area contributed by atoms with Crippen molar-refractivity contribution in [2.75, 3.05) is 19.0 Å². The van der Waals surface area contributed by atoms with E-state index in [9.17, 15) is 4.79 Å². The lowest BCUT2D eigenvalue weighted by Crippen LogP contribution is -2.25. The van der Waals surface area contributed by atoms with Crippen molar-refractivity contribution in [1.29, 1.82) is 5.26 Å². The predicted molar refractivity (Wildman–Crippen MR) is 80.2 cm³/mol. The molecule has 2 aromatic carbocycles. The maximum absolute atomic E-state index is 10.7. The second kappa shape index (κ2) is 6.73. The van der Waals surface area contributed by atoms with Crippen LogP contribution in [0.2, 0.25) is 0 Å². The van der Waals surface area contributed by atoms with Crippen LogP contribution in [0.4, 0.5) is 5.69 Å². The lowest BCUT2D eigenvalue weighted by molar-refractivity contribution is -0.139. The van der Waals surface area contributed by atoms with E-state index in [-0.39, 0.29) is 6.42 Å². The highest BCUT2D eigenvalue weighted by Gasteiger charge is 2.13. The zero-order chi connectivity index (χ0) is 15.2. The average Bonchev–Trinajstić information content (AvgIpc) is 2.50. The number of nitrogens with one attached hydrogen (secondary N) is 1. The molecule has 108 valence electrons. The third-order valence-corrected chi connectivity index (χ3v) is 3.30. The molecule has 1 atom stereocenters. The Morgan fingerprint density at radius 3 is 2.67 bits per heavy atom. The van der Waals surface area contributed by atoms with Gasteiger partial charge < -0.3 is 15.2 Å². The number of rotatable bonds is 6. The van der Waals surface area contributed by atoms with E-state index < -0.39 is 12.1 Å². The molecule has 0 saturated heterocycles. The van der Waals surface area contributed by atoms with Crippen molar-refractivity contribution in [1.82, 2.24) is 0 Å². The van der Waals surface area contributed by atoms with Crippen LogP contribution in [-0.2, 0) is 9.53 Å². The van der Waals surface area contributed by atoms with Gasteiger partial charge in [-0.3, -0.25) is 4.79 Å². The lowest BCUT2D eigenvalue weighted by Gasteiger charge is -2.16. The van der Waals surface area contributed by atoms with Crippen molar-refractivity contribution < 1.29 is 14.6 Å². The van der Waals surface area contributed by atoms with E-state index in [1.54, 1.807) is 6.07 Å². The van der Waals surface area contributed by atoms with E-state index in [4.69, 9.17) is 15.1 Å². The zero-order valence-corrected chi connectivity index (χ0v) is 11.7. The van der Waals surface area contributed by atoms with Gasteiger partial charge in [-0.2, -0.15) is 5.26 Å². The molecular weight excluding hydrogens is 268 g/mol. The van der Waals surface area contributed by atoms with Crippen molar-refractivity contribution >= 4 is 22.4 Å². The number of carboxylic acid groups (broad SMARTS) is 1. The third-order valence-electron chi connectivity index (χ3n) is 3.30. The Labute approximate surface area is 122 Å². The maximum atomic E-state index is 10.7. The summed E-state index contributed by atoms with van der Waals surface area (Å²) in [7, 11) is 1.49. The molecule has 0 heterocycles. The van der Waals surface area contributed by atoms with Crippen LogP contribution in [0.3, 0.4) is 0 Å². The quantitative estimate of drug-likeness (QED) is 0.852. The van der Waals surface area contributed by atoms with E-state index >= 15 is 0 Å². The molecule has 0 amide bonds. The highest BCUT2D eigenvalue weighted by Crippen LogP contribution is 2.26. The van der Waals surface area contributed by atoms with Crippen LogP contribution in [0.1, 0.15) is 12.0 Å². The molecule has 2 rings (SSSR count). The normalized spacial score (nSPS) is 11.8. The van der Waals surface area contributed by atoms with Crippen molar-refractivity contribution in [3.05, 3.63) is 42.0 Å². The second-order valence-corrected chi connectivity index (χ2v) is 4.65. The SMILES string of the molecule is COC(CNc1ccc(C#N)c2ccccc12)CC(=O)O. The van der Waals surface area contributed by atoms with Gasteiger partial charge in [0, 0.05) is 30.1 Å². The summed E-state index contributed by atoms with van der Waals surface area (Å²) in [5.74, 6) is -0.895. The summed E-state index contributed by atoms with van der Waals surface area (Å²) in [5.41, 5.74) is 1.47. The molecule has 0 bridgehead atoms. The Balaban J connectivity index is 2.23. The maximum Gasteiger partial charge on any atom is 0.306 e. The van der Waals surface area contributed by atoms with Crippen LogP contribution in [0.25, 0.3) is 10.8 Å². The number of fused-ring (bicyclic) bond motifs is 1. The number of aliphatic carboxylic acids is 1. The monoisotopic (exact) mass is 284 g/mol. The molecule has 0 radical (unpaired) electrons. The molecule has 5 nitrogen and oxygen atoms in total. The number of benzene rings is 2. The fourth-order valence-corrected chi connectivity index (χ4v) is 2.21. The lowest BCUT2D eigenvalue weighted by atomic mass is 10.0. The Bertz CT molecular complexity index is 691. The van der Waals surface area contributed by atoms with Crippen LogP contribution >= 0.6 is 0 Å². The van der Waals surface area contributed by atoms with Gasteiger partial charge in [-0.25, -0.2) is 0 Å². The van der Waals surface area contributed by atoms with E-state index in [0.717, 1.165) is 16.5 Å². The molecule has 0 spiro atoms. The van der Waals surface area contributed by atoms with E-state index in [1.165, 1.54) is 7.11 Å². The molecule has 2 aromatic rings. The Hall–Kier alpha value is -2.58. The van der Waals surface area contributed by atoms with Crippen LogP contribution < -0.4 is 5.32 Å². The van der Waals surface area contributed by atoms with E-state index in [2.05, 4.69) is 11.4 Å². The molecular formula is C16H16N2O3. The highest BCUT2D eigenvalue weighted by atomic mass is 16.5. The number of hydrogen-bond donors (Lipinski definition) is 2. The summed E-state index contributed by atoms with van der Waals surface area (Å²) >= 11 is 0. The molecule has 0 aliphatic rings. The van der Waals surface area contributed by atoms with Gasteiger partial charge in [-0.15, -0.1) is 0 Å². The molecule has 1 unspecified atom stereocenters.